The first kappa shape index (κ1) is 12.8. The predicted octanol–water partition coefficient (Wildman–Crippen LogP) is 4.37. The number of allylic oxidation sites excluding steroid dienone is 1. The average molecular weight is 286 g/mol. The van der Waals surface area contributed by atoms with Crippen molar-refractivity contribution in [1.82, 2.24) is 9.97 Å². The lowest BCUT2D eigenvalue weighted by Crippen LogP contribution is -1.95. The van der Waals surface area contributed by atoms with Gasteiger partial charge in [0, 0.05) is 16.3 Å². The van der Waals surface area contributed by atoms with Gasteiger partial charge in [-0.25, -0.2) is 9.97 Å². The molecule has 0 saturated carbocycles. The largest absolute Gasteiger partial charge is 0.507 e. The molecule has 3 aromatic carbocycles. The number of aromatic hydroxyl groups is 1. The Morgan fingerprint density at radius 3 is 2.14 bits per heavy atom. The monoisotopic (exact) mass is 286 g/mol. The van der Waals surface area contributed by atoms with Crippen molar-refractivity contribution in [2.45, 2.75) is 6.42 Å². The second-order valence-corrected chi connectivity index (χ2v) is 5.28. The Labute approximate surface area is 127 Å². The van der Waals surface area contributed by atoms with Gasteiger partial charge in [-0.15, -0.1) is 6.58 Å². The Bertz CT molecular complexity index is 1040. The van der Waals surface area contributed by atoms with E-state index in [0.717, 1.165) is 38.4 Å². The zero-order valence-corrected chi connectivity index (χ0v) is 12.0. The fraction of sp³-hybridized carbons (Fsp3) is 0.0526. The van der Waals surface area contributed by atoms with Crippen LogP contribution in [-0.2, 0) is 6.42 Å². The third kappa shape index (κ3) is 1.76. The third-order valence-corrected chi connectivity index (χ3v) is 3.93. The van der Waals surface area contributed by atoms with Gasteiger partial charge in [0.15, 0.2) is 0 Å². The molecular weight excluding hydrogens is 272 g/mol. The summed E-state index contributed by atoms with van der Waals surface area (Å²) in [6, 6.07) is 15.5. The molecule has 0 amide bonds. The van der Waals surface area contributed by atoms with E-state index in [9.17, 15) is 5.11 Å². The molecule has 0 atom stereocenters. The second-order valence-electron chi connectivity index (χ2n) is 5.28. The van der Waals surface area contributed by atoms with Crippen molar-refractivity contribution in [2.24, 2.45) is 0 Å². The van der Waals surface area contributed by atoms with Crippen molar-refractivity contribution in [2.75, 3.05) is 0 Å². The van der Waals surface area contributed by atoms with E-state index in [1.807, 2.05) is 48.5 Å². The summed E-state index contributed by atoms with van der Waals surface area (Å²) in [5.41, 5.74) is 4.03. The Morgan fingerprint density at radius 2 is 1.45 bits per heavy atom. The van der Waals surface area contributed by atoms with Gasteiger partial charge in [-0.1, -0.05) is 42.5 Å². The fourth-order valence-corrected chi connectivity index (χ4v) is 2.91. The van der Waals surface area contributed by atoms with Crippen LogP contribution in [0.3, 0.4) is 0 Å². The molecular formula is C19H14N2O. The maximum Gasteiger partial charge on any atom is 0.129 e. The van der Waals surface area contributed by atoms with Crippen LogP contribution in [0.4, 0.5) is 0 Å². The lowest BCUT2D eigenvalue weighted by molar-refractivity contribution is 0.477. The van der Waals surface area contributed by atoms with E-state index >= 15 is 0 Å². The summed E-state index contributed by atoms with van der Waals surface area (Å²) in [4.78, 5) is 9.52. The van der Waals surface area contributed by atoms with Gasteiger partial charge in [-0.05, 0) is 18.6 Å². The van der Waals surface area contributed by atoms with Gasteiger partial charge in [-0.2, -0.15) is 0 Å². The molecule has 0 aliphatic rings. The number of aromatic nitrogens is 2. The number of hydrogen-bond acceptors (Lipinski definition) is 3. The Morgan fingerprint density at radius 1 is 0.864 bits per heavy atom. The van der Waals surface area contributed by atoms with Crippen LogP contribution in [0.25, 0.3) is 32.8 Å². The minimum atomic E-state index is 0.271. The third-order valence-electron chi connectivity index (χ3n) is 3.93. The van der Waals surface area contributed by atoms with Crippen molar-refractivity contribution >= 4 is 32.8 Å². The van der Waals surface area contributed by atoms with Gasteiger partial charge in [0.1, 0.15) is 5.75 Å². The summed E-state index contributed by atoms with van der Waals surface area (Å²) >= 11 is 0. The van der Waals surface area contributed by atoms with Gasteiger partial charge >= 0.3 is 0 Å². The van der Waals surface area contributed by atoms with E-state index in [2.05, 4.69) is 6.58 Å². The van der Waals surface area contributed by atoms with Gasteiger partial charge in [-0.3, -0.25) is 0 Å². The summed E-state index contributed by atoms with van der Waals surface area (Å²) in [5, 5.41) is 12.4. The molecule has 106 valence electrons. The van der Waals surface area contributed by atoms with E-state index in [1.165, 1.54) is 0 Å². The standard InChI is InChI=1S/C19H14N2O/c1-2-7-14-18-17(12-8-3-4-9-13(12)19(14)22)20-15-10-5-6-11-16(15)21-18/h2-6,8-11,22H,1,7H2. The fourth-order valence-electron chi connectivity index (χ4n) is 2.91. The van der Waals surface area contributed by atoms with Gasteiger partial charge in [0.25, 0.3) is 0 Å². The predicted molar refractivity (Wildman–Crippen MR) is 90.1 cm³/mol. The zero-order chi connectivity index (χ0) is 15.1. The van der Waals surface area contributed by atoms with E-state index in [0.29, 0.717) is 6.42 Å². The molecule has 3 nitrogen and oxygen atoms in total. The van der Waals surface area contributed by atoms with E-state index < -0.39 is 0 Å². The highest BCUT2D eigenvalue weighted by atomic mass is 16.3. The van der Waals surface area contributed by atoms with Crippen LogP contribution in [0, 0.1) is 0 Å². The van der Waals surface area contributed by atoms with Crippen molar-refractivity contribution in [1.29, 1.82) is 0 Å². The van der Waals surface area contributed by atoms with Gasteiger partial charge in [0.05, 0.1) is 22.1 Å². The highest BCUT2D eigenvalue weighted by Crippen LogP contribution is 2.36. The van der Waals surface area contributed by atoms with Crippen LogP contribution in [-0.4, -0.2) is 15.1 Å². The minimum Gasteiger partial charge on any atom is -0.507 e. The van der Waals surface area contributed by atoms with E-state index in [4.69, 9.17) is 9.97 Å². The molecule has 22 heavy (non-hydrogen) atoms. The molecule has 0 saturated heterocycles. The molecule has 0 unspecified atom stereocenters. The molecule has 0 radical (unpaired) electrons. The molecule has 0 aliphatic heterocycles. The molecule has 0 spiro atoms. The molecule has 0 fully saturated rings. The molecule has 4 rings (SSSR count). The number of phenolic OH excluding ortho intramolecular Hbond substituents is 1. The number of fused-ring (bicyclic) bond motifs is 4. The normalized spacial score (nSPS) is 11.3. The SMILES string of the molecule is C=CCc1c(O)c2ccccc2c2nc3ccccc3nc12. The smallest absolute Gasteiger partial charge is 0.129 e. The van der Waals surface area contributed by atoms with Crippen molar-refractivity contribution < 1.29 is 5.11 Å². The maximum absolute atomic E-state index is 10.6. The van der Waals surface area contributed by atoms with Crippen molar-refractivity contribution in [3.05, 3.63) is 66.7 Å². The summed E-state index contributed by atoms with van der Waals surface area (Å²) in [6.45, 7) is 3.79. The number of rotatable bonds is 2. The van der Waals surface area contributed by atoms with E-state index in [1.54, 1.807) is 6.08 Å². The molecule has 3 heteroatoms. The highest BCUT2D eigenvalue weighted by Gasteiger charge is 2.15. The Hall–Kier alpha value is -2.94. The topological polar surface area (TPSA) is 46.0 Å². The lowest BCUT2D eigenvalue weighted by Gasteiger charge is -2.12. The summed E-state index contributed by atoms with van der Waals surface area (Å²) in [5.74, 6) is 0.271. The number of phenols is 1. The molecule has 0 bridgehead atoms. The number of benzene rings is 3. The lowest BCUT2D eigenvalue weighted by atomic mass is 10.00. The summed E-state index contributed by atoms with van der Waals surface area (Å²) in [6.07, 6.45) is 2.33. The van der Waals surface area contributed by atoms with Crippen LogP contribution in [0.2, 0.25) is 0 Å². The van der Waals surface area contributed by atoms with Crippen molar-refractivity contribution in [3.63, 3.8) is 0 Å². The number of hydrogen-bond donors (Lipinski definition) is 1. The van der Waals surface area contributed by atoms with Crippen LogP contribution in [0.5, 0.6) is 5.75 Å². The van der Waals surface area contributed by atoms with Crippen LogP contribution in [0.15, 0.2) is 61.2 Å². The molecule has 4 aromatic rings. The summed E-state index contributed by atoms with van der Waals surface area (Å²) < 4.78 is 0. The minimum absolute atomic E-state index is 0.271. The number of para-hydroxylation sites is 2. The first-order chi connectivity index (χ1) is 10.8. The van der Waals surface area contributed by atoms with E-state index in [-0.39, 0.29) is 5.75 Å². The second kappa shape index (κ2) is 4.81. The first-order valence-electron chi connectivity index (χ1n) is 7.19. The van der Waals surface area contributed by atoms with Gasteiger partial charge < -0.3 is 5.11 Å². The quantitative estimate of drug-likeness (QED) is 0.338. The van der Waals surface area contributed by atoms with Crippen LogP contribution < -0.4 is 0 Å². The Balaban J connectivity index is 2.29. The average Bonchev–Trinajstić information content (AvgIpc) is 2.57. The molecule has 0 aliphatic carbocycles. The van der Waals surface area contributed by atoms with Crippen molar-refractivity contribution in [3.8, 4) is 5.75 Å². The first-order valence-corrected chi connectivity index (χ1v) is 7.19. The number of nitrogens with zero attached hydrogens (tertiary/aromatic N) is 2. The van der Waals surface area contributed by atoms with Crippen LogP contribution in [0.1, 0.15) is 5.56 Å². The highest BCUT2D eigenvalue weighted by molar-refractivity contribution is 6.10. The molecule has 1 N–H and O–H groups in total. The van der Waals surface area contributed by atoms with Gasteiger partial charge in [0.2, 0.25) is 0 Å². The zero-order valence-electron chi connectivity index (χ0n) is 12.0. The summed E-state index contributed by atoms with van der Waals surface area (Å²) in [7, 11) is 0. The van der Waals surface area contributed by atoms with Crippen LogP contribution >= 0.6 is 0 Å². The maximum atomic E-state index is 10.6. The Kier molecular flexibility index (Phi) is 2.79. The molecule has 1 aromatic heterocycles. The molecule has 1 heterocycles.